The van der Waals surface area contributed by atoms with Crippen LogP contribution in [0.15, 0.2) is 60.7 Å². The van der Waals surface area contributed by atoms with E-state index in [9.17, 15) is 9.59 Å². The maximum absolute atomic E-state index is 12.8. The van der Waals surface area contributed by atoms with Gasteiger partial charge in [0.05, 0.1) is 12.5 Å². The van der Waals surface area contributed by atoms with Gasteiger partial charge in [0, 0.05) is 37.9 Å². The number of carbonyl (C=O) groups is 2. The van der Waals surface area contributed by atoms with Crippen LogP contribution in [-0.2, 0) is 9.59 Å². The zero-order chi connectivity index (χ0) is 19.9. The van der Waals surface area contributed by atoms with E-state index in [1.54, 1.807) is 0 Å². The summed E-state index contributed by atoms with van der Waals surface area (Å²) in [5, 5.41) is 2.90. The molecule has 1 aliphatic heterocycles. The Bertz CT molecular complexity index is 784. The minimum atomic E-state index is -0.316. The topological polar surface area (TPSA) is 78.7 Å². The Morgan fingerprint density at radius 2 is 1.47 bits per heavy atom. The van der Waals surface area contributed by atoms with E-state index in [4.69, 9.17) is 5.73 Å². The van der Waals surface area contributed by atoms with Crippen molar-refractivity contribution in [2.75, 3.05) is 38.0 Å². The molecule has 2 unspecified atom stereocenters. The SMILES string of the molecule is CC(C(=O)N1CCN(CC(=O)Nc2ccccc2)CC1)C(N)c1ccccc1.Cl.Cl. The third-order valence-corrected chi connectivity index (χ3v) is 5.22. The molecule has 0 saturated carbocycles. The molecule has 8 heteroatoms. The third kappa shape index (κ3) is 6.99. The van der Waals surface area contributed by atoms with E-state index in [0.717, 1.165) is 11.3 Å². The second-order valence-electron chi connectivity index (χ2n) is 7.24. The number of carbonyl (C=O) groups excluding carboxylic acids is 2. The largest absolute Gasteiger partial charge is 0.340 e. The Morgan fingerprint density at radius 3 is 2.03 bits per heavy atom. The van der Waals surface area contributed by atoms with Crippen molar-refractivity contribution in [1.29, 1.82) is 0 Å². The molecule has 164 valence electrons. The first kappa shape index (κ1) is 25.9. The van der Waals surface area contributed by atoms with Crippen molar-refractivity contribution in [2.24, 2.45) is 11.7 Å². The van der Waals surface area contributed by atoms with Crippen LogP contribution in [0.5, 0.6) is 0 Å². The van der Waals surface area contributed by atoms with Crippen molar-refractivity contribution in [2.45, 2.75) is 13.0 Å². The average molecular weight is 453 g/mol. The van der Waals surface area contributed by atoms with Crippen LogP contribution in [-0.4, -0.2) is 54.3 Å². The molecule has 0 radical (unpaired) electrons. The van der Waals surface area contributed by atoms with Crippen LogP contribution in [0.1, 0.15) is 18.5 Å². The number of amides is 2. The summed E-state index contributed by atoms with van der Waals surface area (Å²) < 4.78 is 0. The minimum Gasteiger partial charge on any atom is -0.340 e. The molecule has 1 saturated heterocycles. The first-order valence-corrected chi connectivity index (χ1v) is 9.71. The fraction of sp³-hybridized carbons (Fsp3) is 0.364. The Morgan fingerprint density at radius 1 is 0.933 bits per heavy atom. The lowest BCUT2D eigenvalue weighted by Gasteiger charge is -2.36. The predicted octanol–water partition coefficient (Wildman–Crippen LogP) is 2.95. The van der Waals surface area contributed by atoms with Crippen LogP contribution in [0.25, 0.3) is 0 Å². The Balaban J connectivity index is 0.00000225. The van der Waals surface area contributed by atoms with Crippen molar-refractivity contribution in [1.82, 2.24) is 9.80 Å². The van der Waals surface area contributed by atoms with E-state index in [2.05, 4.69) is 10.2 Å². The normalized spacial score (nSPS) is 15.9. The monoisotopic (exact) mass is 452 g/mol. The van der Waals surface area contributed by atoms with Crippen LogP contribution >= 0.6 is 24.8 Å². The van der Waals surface area contributed by atoms with Gasteiger partial charge in [0.15, 0.2) is 0 Å². The number of nitrogens with zero attached hydrogens (tertiary/aromatic N) is 2. The number of nitrogens with two attached hydrogens (primary N) is 1. The lowest BCUT2D eigenvalue weighted by molar-refractivity contribution is -0.137. The summed E-state index contributed by atoms with van der Waals surface area (Å²) in [7, 11) is 0. The molecule has 6 nitrogen and oxygen atoms in total. The van der Waals surface area contributed by atoms with Crippen LogP contribution < -0.4 is 11.1 Å². The molecule has 30 heavy (non-hydrogen) atoms. The van der Waals surface area contributed by atoms with E-state index >= 15 is 0 Å². The molecule has 3 N–H and O–H groups in total. The lowest BCUT2D eigenvalue weighted by atomic mass is 9.94. The summed E-state index contributed by atoms with van der Waals surface area (Å²) in [6, 6.07) is 18.8. The van der Waals surface area contributed by atoms with Crippen molar-refractivity contribution < 1.29 is 9.59 Å². The highest BCUT2D eigenvalue weighted by atomic mass is 35.5. The van der Waals surface area contributed by atoms with Gasteiger partial charge in [-0.25, -0.2) is 0 Å². The quantitative estimate of drug-likeness (QED) is 0.705. The first-order valence-electron chi connectivity index (χ1n) is 9.71. The maximum Gasteiger partial charge on any atom is 0.238 e. The highest BCUT2D eigenvalue weighted by Gasteiger charge is 2.29. The third-order valence-electron chi connectivity index (χ3n) is 5.22. The molecule has 2 aromatic rings. The van der Waals surface area contributed by atoms with E-state index in [-0.39, 0.29) is 48.6 Å². The number of nitrogens with one attached hydrogen (secondary N) is 1. The molecular formula is C22H30Cl2N4O2. The molecule has 0 spiro atoms. The van der Waals surface area contributed by atoms with Gasteiger partial charge in [0.25, 0.3) is 0 Å². The van der Waals surface area contributed by atoms with Crippen molar-refractivity contribution in [3.63, 3.8) is 0 Å². The molecule has 0 aromatic heterocycles. The molecule has 3 rings (SSSR count). The molecule has 0 aliphatic carbocycles. The molecule has 1 fully saturated rings. The first-order chi connectivity index (χ1) is 13.5. The van der Waals surface area contributed by atoms with Crippen LogP contribution in [0, 0.1) is 5.92 Å². The second kappa shape index (κ2) is 12.5. The summed E-state index contributed by atoms with van der Waals surface area (Å²) in [6.07, 6.45) is 0. The Labute approximate surface area is 190 Å². The number of rotatable bonds is 6. The molecular weight excluding hydrogens is 423 g/mol. The lowest BCUT2D eigenvalue weighted by Crippen LogP contribution is -2.52. The fourth-order valence-electron chi connectivity index (χ4n) is 3.46. The number of piperazine rings is 1. The van der Waals surface area contributed by atoms with Gasteiger partial charge in [-0.3, -0.25) is 14.5 Å². The Kier molecular flexibility index (Phi) is 10.8. The van der Waals surface area contributed by atoms with E-state index in [1.807, 2.05) is 72.5 Å². The average Bonchev–Trinajstić information content (AvgIpc) is 2.74. The maximum atomic E-state index is 12.8. The van der Waals surface area contributed by atoms with E-state index in [0.29, 0.717) is 32.7 Å². The highest BCUT2D eigenvalue weighted by Crippen LogP contribution is 2.21. The molecule has 2 amide bonds. The molecule has 0 bridgehead atoms. The van der Waals surface area contributed by atoms with Crippen molar-refractivity contribution >= 4 is 42.3 Å². The molecule has 2 aromatic carbocycles. The zero-order valence-electron chi connectivity index (χ0n) is 17.1. The van der Waals surface area contributed by atoms with Gasteiger partial charge < -0.3 is 16.0 Å². The summed E-state index contributed by atoms with van der Waals surface area (Å²) in [6.45, 7) is 4.81. The molecule has 2 atom stereocenters. The number of anilines is 1. The van der Waals surface area contributed by atoms with E-state index < -0.39 is 0 Å². The zero-order valence-corrected chi connectivity index (χ0v) is 18.7. The minimum absolute atomic E-state index is 0. The van der Waals surface area contributed by atoms with Gasteiger partial charge in [0.1, 0.15) is 0 Å². The van der Waals surface area contributed by atoms with Crippen LogP contribution in [0.4, 0.5) is 5.69 Å². The van der Waals surface area contributed by atoms with Gasteiger partial charge in [-0.05, 0) is 17.7 Å². The number of benzene rings is 2. The van der Waals surface area contributed by atoms with Gasteiger partial charge in [-0.15, -0.1) is 24.8 Å². The summed E-state index contributed by atoms with van der Waals surface area (Å²) in [5.41, 5.74) is 8.07. The summed E-state index contributed by atoms with van der Waals surface area (Å²) >= 11 is 0. The van der Waals surface area contributed by atoms with Gasteiger partial charge in [0.2, 0.25) is 11.8 Å². The van der Waals surface area contributed by atoms with Crippen molar-refractivity contribution in [3.05, 3.63) is 66.2 Å². The summed E-state index contributed by atoms with van der Waals surface area (Å²) in [4.78, 5) is 29.0. The number of para-hydroxylation sites is 1. The van der Waals surface area contributed by atoms with Gasteiger partial charge in [-0.1, -0.05) is 55.5 Å². The van der Waals surface area contributed by atoms with Crippen LogP contribution in [0.2, 0.25) is 0 Å². The Hall–Kier alpha value is -2.12. The molecule has 1 aliphatic rings. The smallest absolute Gasteiger partial charge is 0.238 e. The predicted molar refractivity (Wildman–Crippen MR) is 125 cm³/mol. The number of halogens is 2. The second-order valence-corrected chi connectivity index (χ2v) is 7.24. The van der Waals surface area contributed by atoms with Gasteiger partial charge in [-0.2, -0.15) is 0 Å². The van der Waals surface area contributed by atoms with Crippen molar-refractivity contribution in [3.8, 4) is 0 Å². The van der Waals surface area contributed by atoms with E-state index in [1.165, 1.54) is 0 Å². The number of hydrogen-bond donors (Lipinski definition) is 2. The highest BCUT2D eigenvalue weighted by molar-refractivity contribution is 5.92. The summed E-state index contributed by atoms with van der Waals surface area (Å²) in [5.74, 6) is -0.245. The van der Waals surface area contributed by atoms with Gasteiger partial charge >= 0.3 is 0 Å². The number of hydrogen-bond acceptors (Lipinski definition) is 4. The van der Waals surface area contributed by atoms with Crippen LogP contribution in [0.3, 0.4) is 0 Å². The fourth-order valence-corrected chi connectivity index (χ4v) is 3.46. The molecule has 1 heterocycles. The standard InChI is InChI=1S/C22H28N4O2.2ClH/c1-17(21(23)18-8-4-2-5-9-18)22(28)26-14-12-25(13-15-26)16-20(27)24-19-10-6-3-7-11-19;;/h2-11,17,21H,12-16,23H2,1H3,(H,24,27);2*1H.